The monoisotopic (exact) mass is 835 g/mol. The van der Waals surface area contributed by atoms with E-state index in [4.69, 9.17) is 10.2 Å². The molecule has 4 aliphatic carbocycles. The quantitative estimate of drug-likeness (QED) is 0.0544. The van der Waals surface area contributed by atoms with Gasteiger partial charge in [0, 0.05) is 19.4 Å². The second kappa shape index (κ2) is 20.2. The molecule has 0 aromatic carbocycles. The minimum Gasteiger partial charge on any atom is -0.394 e. The summed E-state index contributed by atoms with van der Waals surface area (Å²) in [4.78, 5) is 38.7. The molecule has 0 heterocycles. The number of rotatable bonds is 19. The highest BCUT2D eigenvalue weighted by molar-refractivity contribution is 5.84. The second-order valence-electron chi connectivity index (χ2n) is 18.1. The first-order valence-corrected chi connectivity index (χ1v) is 20.7. The maximum Gasteiger partial charge on any atom is 0.253 e. The maximum absolute atomic E-state index is 13.1. The fourth-order valence-corrected chi connectivity index (χ4v) is 11.2. The number of hydrogen-bond acceptors (Lipinski definition) is 16. The van der Waals surface area contributed by atoms with Gasteiger partial charge in [0.25, 0.3) is 11.8 Å². The lowest BCUT2D eigenvalue weighted by Gasteiger charge is -2.63. The number of carbonyl (C=O) groups excluding carboxylic acids is 3. The highest BCUT2D eigenvalue weighted by Gasteiger charge is 2.65. The molecule has 0 aromatic rings. The van der Waals surface area contributed by atoms with Gasteiger partial charge >= 0.3 is 0 Å². The van der Waals surface area contributed by atoms with Crippen molar-refractivity contribution in [3.63, 3.8) is 0 Å². The zero-order valence-electron chi connectivity index (χ0n) is 33.6. The number of carbonyl (C=O) groups is 3. The number of fused-ring (bicyclic) bond motifs is 5. The van der Waals surface area contributed by atoms with Crippen molar-refractivity contribution >= 4 is 17.7 Å². The van der Waals surface area contributed by atoms with Crippen LogP contribution in [-0.4, -0.2) is 177 Å². The van der Waals surface area contributed by atoms with E-state index in [0.717, 1.165) is 25.7 Å². The van der Waals surface area contributed by atoms with Crippen molar-refractivity contribution in [2.24, 2.45) is 46.3 Å². The van der Waals surface area contributed by atoms with E-state index in [0.29, 0.717) is 25.7 Å². The minimum absolute atomic E-state index is 0.0207. The molecule has 58 heavy (non-hydrogen) atoms. The second-order valence-corrected chi connectivity index (χ2v) is 18.1. The maximum atomic E-state index is 13.1. The van der Waals surface area contributed by atoms with Crippen LogP contribution in [0.4, 0.5) is 0 Å². The summed E-state index contributed by atoms with van der Waals surface area (Å²) in [5.74, 6) is -2.55. The Morgan fingerprint density at radius 3 is 1.79 bits per heavy atom. The van der Waals surface area contributed by atoms with Crippen LogP contribution in [0.5, 0.6) is 0 Å². The zero-order valence-corrected chi connectivity index (χ0v) is 33.6. The van der Waals surface area contributed by atoms with Crippen molar-refractivity contribution in [1.29, 1.82) is 0 Å². The fourth-order valence-electron chi connectivity index (χ4n) is 11.2. The molecule has 4 fully saturated rings. The lowest BCUT2D eigenvalue weighted by molar-refractivity contribution is -0.207. The normalized spacial score (nSPS) is 36.8. The molecular weight excluding hydrogens is 766 g/mol. The number of hydrogen-bond donors (Lipinski definition) is 16. The molecule has 19 heteroatoms. The van der Waals surface area contributed by atoms with Gasteiger partial charge in [0.2, 0.25) is 5.91 Å². The summed E-state index contributed by atoms with van der Waals surface area (Å²) in [6, 6.07) is 0. The Labute approximate surface area is 338 Å². The van der Waals surface area contributed by atoms with Gasteiger partial charge in [-0.2, -0.15) is 0 Å². The van der Waals surface area contributed by atoms with Crippen LogP contribution in [0.2, 0.25) is 0 Å². The molecule has 0 bridgehead atoms. The molecule has 4 saturated carbocycles. The van der Waals surface area contributed by atoms with E-state index in [9.17, 15) is 70.6 Å². The van der Waals surface area contributed by atoms with Crippen molar-refractivity contribution < 1.29 is 80.8 Å². The van der Waals surface area contributed by atoms with E-state index in [2.05, 4.69) is 36.7 Å². The van der Waals surface area contributed by atoms with Gasteiger partial charge in [-0.05, 0) is 97.7 Å². The highest BCUT2D eigenvalue weighted by atomic mass is 16.4. The van der Waals surface area contributed by atoms with Crippen LogP contribution >= 0.6 is 0 Å². The van der Waals surface area contributed by atoms with Crippen molar-refractivity contribution in [1.82, 2.24) is 16.0 Å². The average molecular weight is 836 g/mol. The van der Waals surface area contributed by atoms with E-state index in [-0.39, 0.29) is 72.3 Å². The Morgan fingerprint density at radius 1 is 0.707 bits per heavy atom. The van der Waals surface area contributed by atoms with Gasteiger partial charge in [-0.1, -0.05) is 20.8 Å². The van der Waals surface area contributed by atoms with Crippen molar-refractivity contribution in [2.45, 2.75) is 158 Å². The average Bonchev–Trinajstić information content (AvgIpc) is 3.56. The smallest absolute Gasteiger partial charge is 0.253 e. The summed E-state index contributed by atoms with van der Waals surface area (Å²) in [6.45, 7) is 4.22. The third-order valence-corrected chi connectivity index (χ3v) is 14.8. The van der Waals surface area contributed by atoms with Crippen molar-refractivity contribution in [3.05, 3.63) is 0 Å². The van der Waals surface area contributed by atoms with E-state index in [1.54, 1.807) is 0 Å². The summed E-state index contributed by atoms with van der Waals surface area (Å²) in [5, 5.41) is 139. The van der Waals surface area contributed by atoms with Gasteiger partial charge < -0.3 is 82.3 Å². The van der Waals surface area contributed by atoms with E-state index < -0.39 is 97.6 Å². The molecule has 3 amide bonds. The van der Waals surface area contributed by atoms with Gasteiger partial charge in [0.1, 0.15) is 42.8 Å². The molecule has 4 aliphatic rings. The summed E-state index contributed by atoms with van der Waals surface area (Å²) in [5.41, 5.74) is -0.521. The summed E-state index contributed by atoms with van der Waals surface area (Å²) >= 11 is 0. The van der Waals surface area contributed by atoms with Crippen molar-refractivity contribution in [3.8, 4) is 0 Å². The molecule has 0 radical (unpaired) electrons. The molecule has 0 aliphatic heterocycles. The molecule has 336 valence electrons. The van der Waals surface area contributed by atoms with Gasteiger partial charge in [-0.3, -0.25) is 14.4 Å². The van der Waals surface area contributed by atoms with Gasteiger partial charge in [-0.25, -0.2) is 0 Å². The predicted octanol–water partition coefficient (Wildman–Crippen LogP) is -4.70. The number of nitrogens with one attached hydrogen (secondary N) is 3. The summed E-state index contributed by atoms with van der Waals surface area (Å²) < 4.78 is 0. The van der Waals surface area contributed by atoms with Crippen LogP contribution in [-0.2, 0) is 14.4 Å². The first-order valence-electron chi connectivity index (χ1n) is 20.7. The van der Waals surface area contributed by atoms with Crippen LogP contribution < -0.4 is 16.0 Å². The molecule has 19 atom stereocenters. The highest BCUT2D eigenvalue weighted by Crippen LogP contribution is 2.68. The lowest BCUT2D eigenvalue weighted by Crippen LogP contribution is -2.62. The molecule has 6 unspecified atom stereocenters. The molecular formula is C39H69N3O16. The van der Waals surface area contributed by atoms with Crippen LogP contribution in [0.3, 0.4) is 0 Å². The third kappa shape index (κ3) is 10.1. The molecule has 4 rings (SSSR count). The van der Waals surface area contributed by atoms with Gasteiger partial charge in [0.05, 0.1) is 31.5 Å². The van der Waals surface area contributed by atoms with Gasteiger partial charge in [0.15, 0.2) is 12.2 Å². The van der Waals surface area contributed by atoms with Crippen LogP contribution in [0.15, 0.2) is 0 Å². The summed E-state index contributed by atoms with van der Waals surface area (Å²) in [7, 11) is 0. The Balaban J connectivity index is 1.36. The molecule has 0 aromatic heterocycles. The number of amides is 3. The standard InChI is InChI=1S/C39H69N3O16/c1-17(20-5-6-21-29-22(14-26(49)39(20,21)3)38(2)10-8-19(45)12-18(38)13-23(29)46)4-7-28(50)40-11-9-27(41-36(57)34(55)32(53)30(51)24(47)15-43)42-37(58)35(56)33(54)31(52)25(48)16-44/h17-27,29-35,43-49,51-56H,4-16H2,1-3H3,(H,40,50)(H,41,57)(H,42,58)/t17?,18?,19-,20?,21+,22+,23-,24-,25-,26+,29?,30+,31+,32+,33+,34+,35+,38?,39?/m1/s1. The van der Waals surface area contributed by atoms with E-state index in [1.807, 2.05) is 0 Å². The predicted molar refractivity (Wildman–Crippen MR) is 202 cm³/mol. The molecule has 0 spiro atoms. The SMILES string of the molecule is CC(CCC(=O)NCCC(NC(=O)[C@@H](O)[C@@H](O)[C@@H](O)[C@H](O)CO)NC(=O)[C@@H](O)[C@@H](O)[C@@H](O)[C@H](O)CO)C1CC[C@H]2C3[C@H](O)CC4C[C@H](O)CCC4(C)[C@H]3C[C@H](O)C12C. The van der Waals surface area contributed by atoms with E-state index in [1.165, 1.54) is 0 Å². The number of aliphatic hydroxyl groups is 13. The number of aliphatic hydroxyl groups excluding tert-OH is 13. The Morgan fingerprint density at radius 2 is 1.26 bits per heavy atom. The van der Waals surface area contributed by atoms with Crippen LogP contribution in [0.1, 0.15) is 85.0 Å². The minimum atomic E-state index is -2.41. The van der Waals surface area contributed by atoms with Gasteiger partial charge in [-0.15, -0.1) is 0 Å². The van der Waals surface area contributed by atoms with Crippen LogP contribution in [0, 0.1) is 46.3 Å². The van der Waals surface area contributed by atoms with Crippen LogP contribution in [0.25, 0.3) is 0 Å². The molecule has 19 nitrogen and oxygen atoms in total. The third-order valence-electron chi connectivity index (χ3n) is 14.8. The first-order chi connectivity index (χ1) is 27.1. The lowest BCUT2D eigenvalue weighted by atomic mass is 9.43. The Kier molecular flexibility index (Phi) is 16.9. The molecule has 16 N–H and O–H groups in total. The zero-order chi connectivity index (χ0) is 43.4. The first kappa shape index (κ1) is 48.6. The van der Waals surface area contributed by atoms with Crippen molar-refractivity contribution in [2.75, 3.05) is 19.8 Å². The largest absolute Gasteiger partial charge is 0.394 e. The summed E-state index contributed by atoms with van der Waals surface area (Å²) in [6.07, 6.45) is -15.1. The fraction of sp³-hybridized carbons (Fsp3) is 0.923. The van der Waals surface area contributed by atoms with E-state index >= 15 is 0 Å². The Hall–Kier alpha value is -2.11. The topological polar surface area (TPSA) is 350 Å². The Bertz CT molecular complexity index is 1340. The molecule has 0 saturated heterocycles.